The molecule has 2 N–H and O–H groups in total. The van der Waals surface area contributed by atoms with Crippen LogP contribution >= 0.6 is 15.9 Å². The number of hydrogen-bond acceptors (Lipinski definition) is 3. The first-order chi connectivity index (χ1) is 11.3. The van der Waals surface area contributed by atoms with Gasteiger partial charge in [-0.3, -0.25) is 0 Å². The smallest absolute Gasteiger partial charge is 0.202 e. The van der Waals surface area contributed by atoms with E-state index >= 15 is 0 Å². The topological polar surface area (TPSA) is 49.7 Å². The first kappa shape index (κ1) is 18.4. The Morgan fingerprint density at radius 2 is 1.88 bits per heavy atom. The normalized spacial score (nSPS) is 34.6. The molecule has 0 radical (unpaired) electrons. The van der Waals surface area contributed by atoms with Crippen LogP contribution < -0.4 is 0 Å². The molecule has 24 heavy (non-hydrogen) atoms. The predicted molar refractivity (Wildman–Crippen MR) is 100.0 cm³/mol. The van der Waals surface area contributed by atoms with Crippen molar-refractivity contribution in [2.75, 3.05) is 5.33 Å². The van der Waals surface area contributed by atoms with Gasteiger partial charge in [-0.1, -0.05) is 60.8 Å². The minimum Gasteiger partial charge on any atom is -0.384 e. The number of hydrogen-bond donors (Lipinski definition) is 2. The van der Waals surface area contributed by atoms with Crippen LogP contribution in [0.4, 0.5) is 0 Å². The summed E-state index contributed by atoms with van der Waals surface area (Å²) in [7, 11) is 0. The van der Waals surface area contributed by atoms with Crippen LogP contribution in [0.5, 0.6) is 0 Å². The number of aliphatic hydroxyl groups is 2. The molecule has 1 fully saturated rings. The lowest BCUT2D eigenvalue weighted by atomic mass is 9.75. The van der Waals surface area contributed by atoms with E-state index in [1.165, 1.54) is 24.8 Å². The third-order valence-corrected chi connectivity index (χ3v) is 6.34. The summed E-state index contributed by atoms with van der Waals surface area (Å²) in [6.07, 6.45) is 9.76. The molecular weight excluding hydrogens is 368 g/mol. The van der Waals surface area contributed by atoms with Crippen LogP contribution in [0, 0.1) is 5.41 Å². The minimum atomic E-state index is -1.37. The molecule has 4 heteroatoms. The third-order valence-electron chi connectivity index (χ3n) is 5.58. The van der Waals surface area contributed by atoms with Crippen molar-refractivity contribution < 1.29 is 14.9 Å². The summed E-state index contributed by atoms with van der Waals surface area (Å²) in [6, 6.07) is 0. The zero-order valence-corrected chi connectivity index (χ0v) is 16.5. The summed E-state index contributed by atoms with van der Waals surface area (Å²) in [4.78, 5) is 0. The van der Waals surface area contributed by atoms with Gasteiger partial charge in [0.1, 0.15) is 6.10 Å². The van der Waals surface area contributed by atoms with Crippen molar-refractivity contribution in [3.05, 3.63) is 34.4 Å². The number of rotatable bonds is 1. The molecule has 3 rings (SSSR count). The van der Waals surface area contributed by atoms with Crippen LogP contribution in [0.25, 0.3) is 0 Å². The number of allylic oxidation sites excluding steroid dienone is 1. The van der Waals surface area contributed by atoms with E-state index in [1.54, 1.807) is 0 Å². The van der Waals surface area contributed by atoms with Crippen LogP contribution in [0.1, 0.15) is 59.3 Å². The second kappa shape index (κ2) is 6.71. The molecule has 3 aliphatic rings. The molecule has 134 valence electrons. The van der Waals surface area contributed by atoms with Crippen LogP contribution in [-0.4, -0.2) is 33.5 Å². The molecule has 0 aromatic rings. The lowest BCUT2D eigenvalue weighted by Gasteiger charge is -2.46. The summed E-state index contributed by atoms with van der Waals surface area (Å²) in [5.74, 6) is -1.37. The number of aliphatic hydroxyl groups excluding tert-OH is 1. The molecule has 1 saturated carbocycles. The molecule has 0 bridgehead atoms. The zero-order valence-electron chi connectivity index (χ0n) is 14.9. The highest BCUT2D eigenvalue weighted by atomic mass is 79.9. The largest absolute Gasteiger partial charge is 0.384 e. The summed E-state index contributed by atoms with van der Waals surface area (Å²) in [5.41, 5.74) is 4.00. The average Bonchev–Trinajstić information content (AvgIpc) is 2.55. The van der Waals surface area contributed by atoms with Gasteiger partial charge in [-0.15, -0.1) is 0 Å². The van der Waals surface area contributed by atoms with E-state index in [0.717, 1.165) is 29.6 Å². The third kappa shape index (κ3) is 3.31. The van der Waals surface area contributed by atoms with E-state index in [1.807, 2.05) is 12.2 Å². The molecule has 0 aromatic carbocycles. The molecule has 3 atom stereocenters. The first-order valence-corrected chi connectivity index (χ1v) is 10.2. The van der Waals surface area contributed by atoms with Crippen LogP contribution in [0.15, 0.2) is 34.4 Å². The van der Waals surface area contributed by atoms with Gasteiger partial charge < -0.3 is 14.9 Å². The maximum Gasteiger partial charge on any atom is 0.202 e. The molecule has 0 spiro atoms. The highest BCUT2D eigenvalue weighted by Gasteiger charge is 2.46. The van der Waals surface area contributed by atoms with Gasteiger partial charge in [0.05, 0.1) is 11.4 Å². The Morgan fingerprint density at radius 1 is 1.21 bits per heavy atom. The lowest BCUT2D eigenvalue weighted by Crippen LogP contribution is -2.50. The second-order valence-electron chi connectivity index (χ2n) is 8.39. The zero-order chi connectivity index (χ0) is 17.5. The van der Waals surface area contributed by atoms with Gasteiger partial charge in [0.25, 0.3) is 0 Å². The van der Waals surface area contributed by atoms with E-state index in [0.29, 0.717) is 11.8 Å². The Labute approximate surface area is 153 Å². The Hall–Kier alpha value is -0.420. The fourth-order valence-electron chi connectivity index (χ4n) is 4.01. The van der Waals surface area contributed by atoms with Gasteiger partial charge in [-0.25, -0.2) is 0 Å². The maximum atomic E-state index is 11.1. The van der Waals surface area contributed by atoms with Gasteiger partial charge in [-0.2, -0.15) is 0 Å². The van der Waals surface area contributed by atoms with Crippen LogP contribution in [-0.2, 0) is 4.74 Å². The SMILES string of the molecule is CC(C)(C)[C@H]1CC2=C(C=CC(=C3CCCCC3)C2O)[C@@](O)(CBr)O1. The number of ether oxygens (including phenoxy) is 1. The van der Waals surface area contributed by atoms with Crippen molar-refractivity contribution >= 4 is 15.9 Å². The lowest BCUT2D eigenvalue weighted by molar-refractivity contribution is -0.217. The van der Waals surface area contributed by atoms with Crippen LogP contribution in [0.2, 0.25) is 0 Å². The standard InChI is InChI=1S/C20H29BrO3/c1-19(2,3)17-11-15-16(20(23,12-21)24-17)10-9-14(18(15)22)13-7-5-4-6-8-13/h9-10,17-18,22-23H,4-8,11-12H2,1-3H3/t17-,18?,20-/m1/s1. The molecule has 3 nitrogen and oxygen atoms in total. The van der Waals surface area contributed by atoms with Crippen molar-refractivity contribution in [1.29, 1.82) is 0 Å². The molecule has 2 aliphatic carbocycles. The highest BCUT2D eigenvalue weighted by Crippen LogP contribution is 2.45. The quantitative estimate of drug-likeness (QED) is 0.645. The summed E-state index contributed by atoms with van der Waals surface area (Å²) < 4.78 is 6.06. The fraction of sp³-hybridized carbons (Fsp3) is 0.700. The van der Waals surface area contributed by atoms with Crippen molar-refractivity contribution in [1.82, 2.24) is 0 Å². The van der Waals surface area contributed by atoms with E-state index < -0.39 is 11.9 Å². The Kier molecular flexibility index (Phi) is 5.14. The van der Waals surface area contributed by atoms with Crippen molar-refractivity contribution in [3.63, 3.8) is 0 Å². The summed E-state index contributed by atoms with van der Waals surface area (Å²) in [6.45, 7) is 6.34. The highest BCUT2D eigenvalue weighted by molar-refractivity contribution is 9.09. The Bertz CT molecular complexity index is 588. The van der Waals surface area contributed by atoms with E-state index in [4.69, 9.17) is 4.74 Å². The van der Waals surface area contributed by atoms with Crippen molar-refractivity contribution in [3.8, 4) is 0 Å². The van der Waals surface area contributed by atoms with Crippen LogP contribution in [0.3, 0.4) is 0 Å². The predicted octanol–water partition coefficient (Wildman–Crippen LogP) is 4.39. The van der Waals surface area contributed by atoms with Gasteiger partial charge in [-0.05, 0) is 48.7 Å². The fourth-order valence-corrected chi connectivity index (χ4v) is 4.45. The Balaban J connectivity index is 2.00. The molecule has 1 aliphatic heterocycles. The molecule has 0 amide bonds. The monoisotopic (exact) mass is 396 g/mol. The molecule has 0 saturated heterocycles. The maximum absolute atomic E-state index is 11.1. The summed E-state index contributed by atoms with van der Waals surface area (Å²) in [5, 5.41) is 22.4. The first-order valence-electron chi connectivity index (χ1n) is 9.04. The number of alkyl halides is 1. The van der Waals surface area contributed by atoms with E-state index in [2.05, 4.69) is 36.7 Å². The molecule has 1 unspecified atom stereocenters. The van der Waals surface area contributed by atoms with Gasteiger partial charge in [0.2, 0.25) is 5.79 Å². The minimum absolute atomic E-state index is 0.103. The van der Waals surface area contributed by atoms with Gasteiger partial charge in [0, 0.05) is 5.57 Å². The number of halogens is 1. The Morgan fingerprint density at radius 3 is 2.46 bits per heavy atom. The molecule has 1 heterocycles. The summed E-state index contributed by atoms with van der Waals surface area (Å²) >= 11 is 3.40. The van der Waals surface area contributed by atoms with Gasteiger partial charge >= 0.3 is 0 Å². The average molecular weight is 397 g/mol. The second-order valence-corrected chi connectivity index (χ2v) is 8.95. The molecular formula is C20H29BrO3. The van der Waals surface area contributed by atoms with E-state index in [9.17, 15) is 10.2 Å². The van der Waals surface area contributed by atoms with E-state index in [-0.39, 0.29) is 11.5 Å². The van der Waals surface area contributed by atoms with Crippen molar-refractivity contribution in [2.45, 2.75) is 77.3 Å². The van der Waals surface area contributed by atoms with Crippen molar-refractivity contribution in [2.24, 2.45) is 5.41 Å². The molecule has 0 aromatic heterocycles. The van der Waals surface area contributed by atoms with Gasteiger partial charge in [0.15, 0.2) is 0 Å².